The molecule has 2 aromatic rings. The molecule has 152 valence electrons. The van der Waals surface area contributed by atoms with Gasteiger partial charge in [-0.25, -0.2) is 17.2 Å². The molecule has 6 nitrogen and oxygen atoms in total. The molecule has 0 radical (unpaired) electrons. The van der Waals surface area contributed by atoms with Gasteiger partial charge in [0, 0.05) is 11.3 Å². The summed E-state index contributed by atoms with van der Waals surface area (Å²) < 4.78 is 57.2. The molecule has 2 fully saturated rings. The highest BCUT2D eigenvalue weighted by Gasteiger charge is 2.50. The molecule has 0 aliphatic carbocycles. The minimum absolute atomic E-state index is 0.0148. The summed E-state index contributed by atoms with van der Waals surface area (Å²) in [6.07, 6.45) is 0. The fourth-order valence-electron chi connectivity index (χ4n) is 3.32. The van der Waals surface area contributed by atoms with E-state index in [2.05, 4.69) is 4.99 Å². The summed E-state index contributed by atoms with van der Waals surface area (Å²) in [6.45, 7) is -0.318. The molecule has 2 atom stereocenters. The van der Waals surface area contributed by atoms with Crippen molar-refractivity contribution in [1.29, 1.82) is 0 Å². The van der Waals surface area contributed by atoms with E-state index in [-0.39, 0.29) is 34.2 Å². The molecule has 1 amide bonds. The molecule has 0 N–H and O–H groups in total. The number of carbonyl (C=O) groups is 1. The van der Waals surface area contributed by atoms with Crippen LogP contribution in [-0.2, 0) is 14.6 Å². The number of thioether (sulfide) groups is 1. The molecule has 10 heteroatoms. The van der Waals surface area contributed by atoms with Crippen LogP contribution < -0.4 is 9.64 Å². The van der Waals surface area contributed by atoms with E-state index in [0.29, 0.717) is 11.8 Å². The standard InChI is InChI=1S/C19H16F2N2O4S2/c20-12-6-7-15(14(21)8-12)23-16-10-29(25,26)11-17(16)28-19(23)22-18(24)9-27-13-4-2-1-3-5-13/h1-8,16-17H,9-11H2/t16-,17-/m0/s1. The van der Waals surface area contributed by atoms with Crippen LogP contribution in [0.4, 0.5) is 14.5 Å². The number of amidine groups is 1. The van der Waals surface area contributed by atoms with Crippen molar-refractivity contribution in [1.82, 2.24) is 0 Å². The number of hydrogen-bond donors (Lipinski definition) is 0. The van der Waals surface area contributed by atoms with Crippen LogP contribution in [0.2, 0.25) is 0 Å². The van der Waals surface area contributed by atoms with E-state index in [9.17, 15) is 22.0 Å². The maximum atomic E-state index is 14.4. The van der Waals surface area contributed by atoms with Gasteiger partial charge in [0.05, 0.1) is 23.2 Å². The number of sulfone groups is 1. The lowest BCUT2D eigenvalue weighted by atomic mass is 10.2. The Kier molecular flexibility index (Phi) is 5.30. The van der Waals surface area contributed by atoms with E-state index in [1.807, 2.05) is 6.07 Å². The van der Waals surface area contributed by atoms with Crippen LogP contribution in [0.1, 0.15) is 0 Å². The molecule has 0 bridgehead atoms. The van der Waals surface area contributed by atoms with E-state index in [1.165, 1.54) is 11.0 Å². The van der Waals surface area contributed by atoms with Gasteiger partial charge in [-0.2, -0.15) is 4.99 Å². The van der Waals surface area contributed by atoms with E-state index in [4.69, 9.17) is 4.74 Å². The fraction of sp³-hybridized carbons (Fsp3) is 0.263. The molecular weight excluding hydrogens is 422 g/mol. The van der Waals surface area contributed by atoms with Crippen molar-refractivity contribution >= 4 is 38.4 Å². The Labute approximate surface area is 170 Å². The van der Waals surface area contributed by atoms with Crippen molar-refractivity contribution in [2.45, 2.75) is 11.3 Å². The van der Waals surface area contributed by atoms with Crippen molar-refractivity contribution < 1.29 is 26.7 Å². The maximum Gasteiger partial charge on any atom is 0.285 e. The van der Waals surface area contributed by atoms with Gasteiger partial charge in [0.25, 0.3) is 5.91 Å². The number of nitrogens with zero attached hydrogens (tertiary/aromatic N) is 2. The molecule has 2 aliphatic heterocycles. The zero-order valence-corrected chi connectivity index (χ0v) is 16.6. The Balaban J connectivity index is 1.60. The molecule has 0 saturated carbocycles. The topological polar surface area (TPSA) is 76.0 Å². The summed E-state index contributed by atoms with van der Waals surface area (Å²) in [4.78, 5) is 17.7. The number of hydrogen-bond acceptors (Lipinski definition) is 5. The van der Waals surface area contributed by atoms with Gasteiger partial charge in [-0.1, -0.05) is 30.0 Å². The highest BCUT2D eigenvalue weighted by molar-refractivity contribution is 8.16. The Morgan fingerprint density at radius 2 is 1.93 bits per heavy atom. The lowest BCUT2D eigenvalue weighted by Crippen LogP contribution is -2.38. The van der Waals surface area contributed by atoms with Crippen molar-refractivity contribution in [3.63, 3.8) is 0 Å². The number of fused-ring (bicyclic) bond motifs is 1. The Morgan fingerprint density at radius 3 is 2.66 bits per heavy atom. The molecule has 2 saturated heterocycles. The van der Waals surface area contributed by atoms with E-state index in [0.717, 1.165) is 17.8 Å². The minimum Gasteiger partial charge on any atom is -0.484 e. The first-order valence-electron chi connectivity index (χ1n) is 8.73. The lowest BCUT2D eigenvalue weighted by Gasteiger charge is -2.24. The third-order valence-electron chi connectivity index (χ3n) is 4.56. The number of amides is 1. The summed E-state index contributed by atoms with van der Waals surface area (Å²) >= 11 is 1.11. The largest absolute Gasteiger partial charge is 0.484 e. The summed E-state index contributed by atoms with van der Waals surface area (Å²) in [5.74, 6) is -1.96. The molecule has 0 unspecified atom stereocenters. The van der Waals surface area contributed by atoms with Crippen molar-refractivity contribution in [2.24, 2.45) is 4.99 Å². The molecule has 4 rings (SSSR count). The zero-order valence-electron chi connectivity index (χ0n) is 15.0. The van der Waals surface area contributed by atoms with Crippen LogP contribution in [-0.4, -0.2) is 48.9 Å². The third kappa shape index (κ3) is 4.27. The molecule has 29 heavy (non-hydrogen) atoms. The van der Waals surface area contributed by atoms with E-state index in [1.54, 1.807) is 24.3 Å². The first kappa shape index (κ1) is 19.8. The molecule has 2 heterocycles. The van der Waals surface area contributed by atoms with Gasteiger partial charge >= 0.3 is 0 Å². The van der Waals surface area contributed by atoms with Crippen LogP contribution >= 0.6 is 11.8 Å². The van der Waals surface area contributed by atoms with Gasteiger partial charge in [0.15, 0.2) is 21.6 Å². The number of aliphatic imine (C=N–C) groups is 1. The van der Waals surface area contributed by atoms with Gasteiger partial charge < -0.3 is 9.64 Å². The molecular formula is C19H16F2N2O4S2. The van der Waals surface area contributed by atoms with Gasteiger partial charge in [-0.3, -0.25) is 4.79 Å². The van der Waals surface area contributed by atoms with Gasteiger partial charge in [0.2, 0.25) is 0 Å². The number of para-hydroxylation sites is 1. The monoisotopic (exact) mass is 438 g/mol. The molecule has 2 aromatic carbocycles. The van der Waals surface area contributed by atoms with Crippen molar-refractivity contribution in [3.8, 4) is 5.75 Å². The van der Waals surface area contributed by atoms with E-state index < -0.39 is 33.4 Å². The predicted molar refractivity (Wildman–Crippen MR) is 107 cm³/mol. The smallest absolute Gasteiger partial charge is 0.285 e. The maximum absolute atomic E-state index is 14.4. The summed E-state index contributed by atoms with van der Waals surface area (Å²) in [6, 6.07) is 11.2. The number of ether oxygens (including phenoxy) is 1. The van der Waals surface area contributed by atoms with Gasteiger partial charge in [0.1, 0.15) is 17.4 Å². The third-order valence-corrected chi connectivity index (χ3v) is 7.77. The van der Waals surface area contributed by atoms with Crippen molar-refractivity contribution in [3.05, 3.63) is 60.2 Å². The average Bonchev–Trinajstić information content (AvgIpc) is 3.12. The first-order chi connectivity index (χ1) is 13.8. The van der Waals surface area contributed by atoms with Crippen LogP contribution in [0.3, 0.4) is 0 Å². The summed E-state index contributed by atoms with van der Waals surface area (Å²) in [7, 11) is -3.29. The fourth-order valence-corrected chi connectivity index (χ4v) is 7.25. The zero-order chi connectivity index (χ0) is 20.6. The Bertz CT molecular complexity index is 1080. The molecule has 0 aromatic heterocycles. The van der Waals surface area contributed by atoms with Crippen LogP contribution in [0.25, 0.3) is 0 Å². The van der Waals surface area contributed by atoms with Crippen molar-refractivity contribution in [2.75, 3.05) is 23.0 Å². The van der Waals surface area contributed by atoms with Gasteiger partial charge in [-0.15, -0.1) is 0 Å². The number of carbonyl (C=O) groups excluding carboxylic acids is 1. The summed E-state index contributed by atoms with van der Waals surface area (Å²) in [5.41, 5.74) is -0.0148. The molecule has 2 aliphatic rings. The number of halogens is 2. The molecule has 0 spiro atoms. The Morgan fingerprint density at radius 1 is 1.17 bits per heavy atom. The second kappa shape index (κ2) is 7.75. The van der Waals surface area contributed by atoms with Crippen LogP contribution in [0.5, 0.6) is 5.75 Å². The summed E-state index contributed by atoms with van der Waals surface area (Å²) in [5, 5.41) is -0.201. The van der Waals surface area contributed by atoms with E-state index >= 15 is 0 Å². The number of anilines is 1. The normalized spacial score (nSPS) is 23.9. The number of benzene rings is 2. The number of rotatable bonds is 4. The van der Waals surface area contributed by atoms with Crippen LogP contribution in [0, 0.1) is 11.6 Å². The lowest BCUT2D eigenvalue weighted by molar-refractivity contribution is -0.119. The SMILES string of the molecule is O=C(COc1ccccc1)N=C1S[C@H]2CS(=O)(=O)C[C@@H]2N1c1ccc(F)cc1F. The minimum atomic E-state index is -3.29. The first-order valence-corrected chi connectivity index (χ1v) is 11.4. The quantitative estimate of drug-likeness (QED) is 0.731. The second-order valence-corrected chi connectivity index (χ2v) is 10.0. The average molecular weight is 438 g/mol. The Hall–Kier alpha value is -2.46. The highest BCUT2D eigenvalue weighted by atomic mass is 32.2. The van der Waals surface area contributed by atoms with Crippen LogP contribution in [0.15, 0.2) is 53.5 Å². The highest BCUT2D eigenvalue weighted by Crippen LogP contribution is 2.41. The predicted octanol–water partition coefficient (Wildman–Crippen LogP) is 2.65. The van der Waals surface area contributed by atoms with Gasteiger partial charge in [-0.05, 0) is 24.3 Å². The second-order valence-electron chi connectivity index (χ2n) is 6.66.